The molecule has 0 saturated heterocycles. The summed E-state index contributed by atoms with van der Waals surface area (Å²) in [5.41, 5.74) is 0. The minimum absolute atomic E-state index is 1.00. The molecule has 4 heteroatoms. The standard InChI is InChI=1S/C12H17N3S/c1-14(2)8-9-15(3)12-10-6-4-5-7-11(10)16-13-12/h4-7H,8-9H2,1-3H3. The molecule has 86 valence electrons. The van der Waals surface area contributed by atoms with Crippen molar-refractivity contribution in [2.75, 3.05) is 39.1 Å². The predicted molar refractivity (Wildman–Crippen MR) is 71.4 cm³/mol. The molecule has 0 saturated carbocycles. The number of hydrogen-bond acceptors (Lipinski definition) is 4. The third-order valence-electron chi connectivity index (χ3n) is 2.60. The van der Waals surface area contributed by atoms with Crippen LogP contribution in [0.15, 0.2) is 24.3 Å². The first kappa shape index (κ1) is 11.4. The Morgan fingerprint density at radius 1 is 1.12 bits per heavy atom. The Balaban J connectivity index is 2.19. The monoisotopic (exact) mass is 235 g/mol. The predicted octanol–water partition coefficient (Wildman–Crippen LogP) is 2.29. The number of hydrogen-bond donors (Lipinski definition) is 0. The molecular weight excluding hydrogens is 218 g/mol. The minimum Gasteiger partial charge on any atom is -0.357 e. The number of likely N-dealkylation sites (N-methyl/N-ethyl adjacent to an activating group) is 2. The first-order chi connectivity index (χ1) is 7.68. The van der Waals surface area contributed by atoms with Gasteiger partial charge in [-0.2, -0.15) is 4.37 Å². The van der Waals surface area contributed by atoms with Crippen molar-refractivity contribution in [3.8, 4) is 0 Å². The molecule has 2 aromatic rings. The van der Waals surface area contributed by atoms with Gasteiger partial charge in [0.05, 0.1) is 4.70 Å². The number of nitrogens with zero attached hydrogens (tertiary/aromatic N) is 3. The normalized spacial score (nSPS) is 11.2. The van der Waals surface area contributed by atoms with Crippen molar-refractivity contribution in [3.05, 3.63) is 24.3 Å². The van der Waals surface area contributed by atoms with Gasteiger partial charge >= 0.3 is 0 Å². The largest absolute Gasteiger partial charge is 0.357 e. The van der Waals surface area contributed by atoms with Crippen molar-refractivity contribution in [2.45, 2.75) is 0 Å². The fourth-order valence-corrected chi connectivity index (χ4v) is 2.42. The Hall–Kier alpha value is -1.13. The van der Waals surface area contributed by atoms with Gasteiger partial charge in [-0.1, -0.05) is 12.1 Å². The molecule has 0 N–H and O–H groups in total. The Kier molecular flexibility index (Phi) is 3.41. The number of benzene rings is 1. The summed E-state index contributed by atoms with van der Waals surface area (Å²) >= 11 is 1.57. The summed E-state index contributed by atoms with van der Waals surface area (Å²) < 4.78 is 5.78. The molecule has 0 aliphatic heterocycles. The molecule has 1 aromatic heterocycles. The number of aromatic nitrogens is 1. The van der Waals surface area contributed by atoms with Crippen LogP contribution in [0.5, 0.6) is 0 Å². The van der Waals surface area contributed by atoms with E-state index in [1.807, 2.05) is 0 Å². The molecule has 0 amide bonds. The number of anilines is 1. The zero-order valence-corrected chi connectivity index (χ0v) is 10.8. The van der Waals surface area contributed by atoms with Gasteiger partial charge in [0.25, 0.3) is 0 Å². The summed E-state index contributed by atoms with van der Waals surface area (Å²) in [6, 6.07) is 8.39. The van der Waals surface area contributed by atoms with Gasteiger partial charge in [-0.05, 0) is 37.8 Å². The summed E-state index contributed by atoms with van der Waals surface area (Å²) in [5, 5.41) is 1.26. The van der Waals surface area contributed by atoms with Crippen LogP contribution in [0.25, 0.3) is 10.1 Å². The van der Waals surface area contributed by atoms with Gasteiger partial charge in [-0.3, -0.25) is 0 Å². The van der Waals surface area contributed by atoms with E-state index < -0.39 is 0 Å². The minimum atomic E-state index is 1.00. The fraction of sp³-hybridized carbons (Fsp3) is 0.417. The van der Waals surface area contributed by atoms with E-state index in [-0.39, 0.29) is 0 Å². The van der Waals surface area contributed by atoms with Crippen LogP contribution in [0.4, 0.5) is 5.82 Å². The van der Waals surface area contributed by atoms with E-state index >= 15 is 0 Å². The lowest BCUT2D eigenvalue weighted by Gasteiger charge is -2.19. The molecule has 0 fully saturated rings. The molecule has 0 atom stereocenters. The molecule has 0 aliphatic rings. The molecule has 1 aromatic carbocycles. The zero-order valence-electron chi connectivity index (χ0n) is 9.97. The van der Waals surface area contributed by atoms with Crippen molar-refractivity contribution >= 4 is 27.4 Å². The van der Waals surface area contributed by atoms with Crippen molar-refractivity contribution in [2.24, 2.45) is 0 Å². The van der Waals surface area contributed by atoms with Crippen LogP contribution in [0.3, 0.4) is 0 Å². The summed E-state index contributed by atoms with van der Waals surface area (Å²) in [7, 11) is 6.28. The molecule has 0 radical (unpaired) electrons. The third kappa shape index (κ3) is 2.33. The molecule has 16 heavy (non-hydrogen) atoms. The van der Waals surface area contributed by atoms with Crippen molar-refractivity contribution in [1.82, 2.24) is 9.27 Å². The van der Waals surface area contributed by atoms with E-state index in [0.717, 1.165) is 18.9 Å². The molecule has 0 unspecified atom stereocenters. The van der Waals surface area contributed by atoms with E-state index in [4.69, 9.17) is 0 Å². The Labute approximate surface area is 100 Å². The molecule has 0 aliphatic carbocycles. The first-order valence-corrected chi connectivity index (χ1v) is 6.16. The van der Waals surface area contributed by atoms with Gasteiger partial charge in [0.1, 0.15) is 5.82 Å². The van der Waals surface area contributed by atoms with Crippen LogP contribution >= 0.6 is 11.5 Å². The lowest BCUT2D eigenvalue weighted by molar-refractivity contribution is 0.416. The van der Waals surface area contributed by atoms with Crippen LogP contribution in [0.2, 0.25) is 0 Å². The smallest absolute Gasteiger partial charge is 0.149 e. The van der Waals surface area contributed by atoms with Gasteiger partial charge in [-0.25, -0.2) is 0 Å². The van der Waals surface area contributed by atoms with Crippen molar-refractivity contribution < 1.29 is 0 Å². The van der Waals surface area contributed by atoms with Gasteiger partial charge in [0.15, 0.2) is 0 Å². The quantitative estimate of drug-likeness (QED) is 0.810. The van der Waals surface area contributed by atoms with E-state index in [2.05, 4.69) is 59.6 Å². The highest BCUT2D eigenvalue weighted by atomic mass is 32.1. The van der Waals surface area contributed by atoms with E-state index in [9.17, 15) is 0 Å². The fourth-order valence-electron chi connectivity index (χ4n) is 1.60. The van der Waals surface area contributed by atoms with Crippen LogP contribution in [0, 0.1) is 0 Å². The Morgan fingerprint density at radius 3 is 2.62 bits per heavy atom. The second-order valence-corrected chi connectivity index (χ2v) is 5.03. The molecule has 1 heterocycles. The Bertz CT molecular complexity index is 464. The van der Waals surface area contributed by atoms with E-state index in [1.54, 1.807) is 11.5 Å². The molecular formula is C12H17N3S. The second-order valence-electron chi connectivity index (χ2n) is 4.23. The van der Waals surface area contributed by atoms with Crippen LogP contribution in [0.1, 0.15) is 0 Å². The van der Waals surface area contributed by atoms with Gasteiger partial charge in [0, 0.05) is 25.5 Å². The summed E-state index contributed by atoms with van der Waals surface area (Å²) in [5.74, 6) is 1.10. The van der Waals surface area contributed by atoms with E-state index in [1.165, 1.54) is 10.1 Å². The maximum absolute atomic E-state index is 4.52. The summed E-state index contributed by atoms with van der Waals surface area (Å²) in [6.07, 6.45) is 0. The lowest BCUT2D eigenvalue weighted by Crippen LogP contribution is -2.28. The second kappa shape index (κ2) is 4.80. The van der Waals surface area contributed by atoms with E-state index in [0.29, 0.717) is 0 Å². The molecule has 3 nitrogen and oxygen atoms in total. The van der Waals surface area contributed by atoms with Crippen LogP contribution in [-0.4, -0.2) is 43.5 Å². The van der Waals surface area contributed by atoms with Gasteiger partial charge in [-0.15, -0.1) is 0 Å². The third-order valence-corrected chi connectivity index (χ3v) is 3.42. The maximum Gasteiger partial charge on any atom is 0.149 e. The highest BCUT2D eigenvalue weighted by molar-refractivity contribution is 7.13. The van der Waals surface area contributed by atoms with Gasteiger partial charge < -0.3 is 9.80 Å². The van der Waals surface area contributed by atoms with Crippen molar-refractivity contribution in [3.63, 3.8) is 0 Å². The summed E-state index contributed by atoms with van der Waals surface area (Å²) in [6.45, 7) is 2.04. The molecule has 0 spiro atoms. The average molecular weight is 235 g/mol. The summed E-state index contributed by atoms with van der Waals surface area (Å²) in [4.78, 5) is 4.41. The van der Waals surface area contributed by atoms with Crippen LogP contribution in [-0.2, 0) is 0 Å². The SMILES string of the molecule is CN(C)CCN(C)c1nsc2ccccc12. The molecule has 2 rings (SSSR count). The van der Waals surface area contributed by atoms with Crippen molar-refractivity contribution in [1.29, 1.82) is 0 Å². The number of fused-ring (bicyclic) bond motifs is 1. The maximum atomic E-state index is 4.52. The zero-order chi connectivity index (χ0) is 11.5. The number of rotatable bonds is 4. The first-order valence-electron chi connectivity index (χ1n) is 5.39. The lowest BCUT2D eigenvalue weighted by atomic mass is 10.2. The topological polar surface area (TPSA) is 19.4 Å². The average Bonchev–Trinajstić information content (AvgIpc) is 2.69. The van der Waals surface area contributed by atoms with Gasteiger partial charge in [0.2, 0.25) is 0 Å². The molecule has 0 bridgehead atoms. The van der Waals surface area contributed by atoms with Crippen LogP contribution < -0.4 is 4.90 Å². The highest BCUT2D eigenvalue weighted by Gasteiger charge is 2.09. The highest BCUT2D eigenvalue weighted by Crippen LogP contribution is 2.28. The Morgan fingerprint density at radius 2 is 1.88 bits per heavy atom.